The van der Waals surface area contributed by atoms with E-state index in [0.29, 0.717) is 6.54 Å². The highest BCUT2D eigenvalue weighted by atomic mass is 32.2. The standard InChI is InChI=1S/C12H18N2O5S/c1-3-13-9-10-4-5-12(11(8-10)14(15)16)19-6-7-20(2,17)18/h4-5,8,13H,3,6-7,9H2,1-2H3. The predicted molar refractivity (Wildman–Crippen MR) is 75.7 cm³/mol. The van der Waals surface area contributed by atoms with Gasteiger partial charge in [0.2, 0.25) is 0 Å². The van der Waals surface area contributed by atoms with Crippen LogP contribution in [0.4, 0.5) is 5.69 Å². The Hall–Kier alpha value is -1.67. The molecule has 112 valence electrons. The zero-order chi connectivity index (χ0) is 15.2. The first-order valence-corrected chi connectivity index (χ1v) is 8.18. The molecule has 8 heteroatoms. The third-order valence-electron chi connectivity index (χ3n) is 2.51. The first-order chi connectivity index (χ1) is 9.33. The van der Waals surface area contributed by atoms with E-state index in [9.17, 15) is 18.5 Å². The number of nitrogens with one attached hydrogen (secondary N) is 1. The summed E-state index contributed by atoms with van der Waals surface area (Å²) in [5.74, 6) is -0.0950. The largest absolute Gasteiger partial charge is 0.486 e. The average molecular weight is 302 g/mol. The van der Waals surface area contributed by atoms with Gasteiger partial charge in [0.25, 0.3) is 0 Å². The minimum absolute atomic E-state index is 0.0823. The lowest BCUT2D eigenvalue weighted by Gasteiger charge is -2.08. The number of hydrogen-bond acceptors (Lipinski definition) is 6. The first-order valence-electron chi connectivity index (χ1n) is 6.12. The van der Waals surface area contributed by atoms with E-state index in [4.69, 9.17) is 4.74 Å². The molecule has 0 spiro atoms. The molecule has 0 saturated carbocycles. The minimum atomic E-state index is -3.15. The SMILES string of the molecule is CCNCc1ccc(OCCS(C)(=O)=O)c([N+](=O)[O-])c1. The fraction of sp³-hybridized carbons (Fsp3) is 0.500. The summed E-state index contributed by atoms with van der Waals surface area (Å²) in [4.78, 5) is 10.5. The minimum Gasteiger partial charge on any atom is -0.486 e. The smallest absolute Gasteiger partial charge is 0.311 e. The van der Waals surface area contributed by atoms with Crippen molar-refractivity contribution in [3.8, 4) is 5.75 Å². The molecule has 0 unspecified atom stereocenters. The van der Waals surface area contributed by atoms with E-state index < -0.39 is 14.8 Å². The summed E-state index contributed by atoms with van der Waals surface area (Å²) in [5.41, 5.74) is 0.614. The van der Waals surface area contributed by atoms with Gasteiger partial charge in [-0.3, -0.25) is 10.1 Å². The van der Waals surface area contributed by atoms with Gasteiger partial charge in [-0.05, 0) is 18.2 Å². The molecule has 0 heterocycles. The second-order valence-electron chi connectivity index (χ2n) is 4.32. The van der Waals surface area contributed by atoms with Gasteiger partial charge in [0, 0.05) is 18.9 Å². The van der Waals surface area contributed by atoms with Gasteiger partial charge in [0.1, 0.15) is 6.61 Å². The molecule has 0 atom stereocenters. The van der Waals surface area contributed by atoms with Crippen LogP contribution in [-0.2, 0) is 16.4 Å². The van der Waals surface area contributed by atoms with E-state index in [1.165, 1.54) is 12.1 Å². The van der Waals surface area contributed by atoms with Crippen molar-refractivity contribution in [1.29, 1.82) is 0 Å². The van der Waals surface area contributed by atoms with Crippen molar-refractivity contribution in [2.24, 2.45) is 0 Å². The van der Waals surface area contributed by atoms with E-state index in [0.717, 1.165) is 18.4 Å². The lowest BCUT2D eigenvalue weighted by atomic mass is 10.2. The molecule has 1 N–H and O–H groups in total. The summed E-state index contributed by atoms with van der Waals surface area (Å²) >= 11 is 0. The molecule has 0 aromatic heterocycles. The summed E-state index contributed by atoms with van der Waals surface area (Å²) in [6, 6.07) is 4.64. The molecule has 1 aromatic rings. The number of nitro benzene ring substituents is 1. The summed E-state index contributed by atoms with van der Waals surface area (Å²) < 4.78 is 27.2. The molecule has 0 aliphatic rings. The molecule has 20 heavy (non-hydrogen) atoms. The monoisotopic (exact) mass is 302 g/mol. The van der Waals surface area contributed by atoms with Crippen LogP contribution < -0.4 is 10.1 Å². The third-order valence-corrected chi connectivity index (χ3v) is 3.42. The maximum absolute atomic E-state index is 11.0. The zero-order valence-electron chi connectivity index (χ0n) is 11.5. The highest BCUT2D eigenvalue weighted by Gasteiger charge is 2.16. The Labute approximate surface area is 118 Å². The Bertz CT molecular complexity index is 571. The molecule has 0 fully saturated rings. The van der Waals surface area contributed by atoms with Crippen LogP contribution in [0, 0.1) is 10.1 Å². The number of nitro groups is 1. The Morgan fingerprint density at radius 1 is 1.40 bits per heavy atom. The normalized spacial score (nSPS) is 11.3. The van der Waals surface area contributed by atoms with E-state index in [-0.39, 0.29) is 23.8 Å². The van der Waals surface area contributed by atoms with Gasteiger partial charge in [-0.15, -0.1) is 0 Å². The molecule has 0 amide bonds. The molecular weight excluding hydrogens is 284 g/mol. The molecule has 0 saturated heterocycles. The van der Waals surface area contributed by atoms with E-state index in [1.54, 1.807) is 6.07 Å². The maximum Gasteiger partial charge on any atom is 0.311 e. The maximum atomic E-state index is 11.0. The fourth-order valence-electron chi connectivity index (χ4n) is 1.51. The van der Waals surface area contributed by atoms with Crippen LogP contribution in [0.25, 0.3) is 0 Å². The van der Waals surface area contributed by atoms with Crippen molar-refractivity contribution < 1.29 is 18.1 Å². The fourth-order valence-corrected chi connectivity index (χ4v) is 1.90. The average Bonchev–Trinajstić information content (AvgIpc) is 2.35. The van der Waals surface area contributed by atoms with Gasteiger partial charge in [0.15, 0.2) is 15.6 Å². The number of nitrogens with zero attached hydrogens (tertiary/aromatic N) is 1. The van der Waals surface area contributed by atoms with Crippen molar-refractivity contribution in [3.63, 3.8) is 0 Å². The van der Waals surface area contributed by atoms with Crippen LogP contribution in [0.3, 0.4) is 0 Å². The summed E-state index contributed by atoms with van der Waals surface area (Å²) in [7, 11) is -3.15. The lowest BCUT2D eigenvalue weighted by molar-refractivity contribution is -0.385. The van der Waals surface area contributed by atoms with Gasteiger partial charge >= 0.3 is 5.69 Å². The van der Waals surface area contributed by atoms with E-state index >= 15 is 0 Å². The van der Waals surface area contributed by atoms with Crippen LogP contribution in [0.2, 0.25) is 0 Å². The Morgan fingerprint density at radius 2 is 2.10 bits per heavy atom. The topological polar surface area (TPSA) is 98.5 Å². The van der Waals surface area contributed by atoms with Crippen LogP contribution in [0.5, 0.6) is 5.75 Å². The number of rotatable bonds is 8. The van der Waals surface area contributed by atoms with Gasteiger partial charge < -0.3 is 10.1 Å². The van der Waals surface area contributed by atoms with Crippen LogP contribution in [0.15, 0.2) is 18.2 Å². The molecule has 7 nitrogen and oxygen atoms in total. The molecule has 0 bridgehead atoms. The van der Waals surface area contributed by atoms with Gasteiger partial charge in [-0.2, -0.15) is 0 Å². The first kappa shape index (κ1) is 16.4. The van der Waals surface area contributed by atoms with Crippen molar-refractivity contribution in [2.75, 3.05) is 25.2 Å². The number of hydrogen-bond donors (Lipinski definition) is 1. The lowest BCUT2D eigenvalue weighted by Crippen LogP contribution is -2.14. The second-order valence-corrected chi connectivity index (χ2v) is 6.58. The molecule has 0 radical (unpaired) electrons. The third kappa shape index (κ3) is 5.54. The Morgan fingerprint density at radius 3 is 2.65 bits per heavy atom. The molecule has 0 aliphatic carbocycles. The molecule has 0 aliphatic heterocycles. The molecule has 1 rings (SSSR count). The summed E-state index contributed by atoms with van der Waals surface area (Å²) in [5, 5.41) is 14.1. The van der Waals surface area contributed by atoms with E-state index in [2.05, 4.69) is 5.32 Å². The van der Waals surface area contributed by atoms with Crippen molar-refractivity contribution >= 4 is 15.5 Å². The second kappa shape index (κ2) is 7.20. The van der Waals surface area contributed by atoms with Gasteiger partial charge in [0.05, 0.1) is 10.7 Å². The zero-order valence-corrected chi connectivity index (χ0v) is 12.3. The Kier molecular flexibility index (Phi) is 5.90. The molecule has 1 aromatic carbocycles. The van der Waals surface area contributed by atoms with Crippen LogP contribution in [0.1, 0.15) is 12.5 Å². The van der Waals surface area contributed by atoms with Crippen LogP contribution in [-0.4, -0.2) is 38.5 Å². The summed E-state index contributed by atoms with van der Waals surface area (Å²) in [6.07, 6.45) is 1.09. The van der Waals surface area contributed by atoms with Gasteiger partial charge in [-0.1, -0.05) is 13.0 Å². The quantitative estimate of drug-likeness (QED) is 0.571. The Balaban J connectivity index is 2.82. The molecular formula is C12H18N2O5S. The van der Waals surface area contributed by atoms with Crippen molar-refractivity contribution in [1.82, 2.24) is 5.32 Å². The van der Waals surface area contributed by atoms with Crippen LogP contribution >= 0.6 is 0 Å². The van der Waals surface area contributed by atoms with Gasteiger partial charge in [-0.25, -0.2) is 8.42 Å². The highest BCUT2D eigenvalue weighted by molar-refractivity contribution is 7.90. The number of benzene rings is 1. The predicted octanol–water partition coefficient (Wildman–Crippen LogP) is 1.13. The highest BCUT2D eigenvalue weighted by Crippen LogP contribution is 2.28. The number of ether oxygens (including phenoxy) is 1. The number of sulfone groups is 1. The van der Waals surface area contributed by atoms with Crippen molar-refractivity contribution in [2.45, 2.75) is 13.5 Å². The summed E-state index contributed by atoms with van der Waals surface area (Å²) in [6.45, 7) is 3.13. The van der Waals surface area contributed by atoms with E-state index in [1.807, 2.05) is 6.92 Å². The van der Waals surface area contributed by atoms with Crippen molar-refractivity contribution in [3.05, 3.63) is 33.9 Å².